The van der Waals surface area contributed by atoms with Gasteiger partial charge in [-0.3, -0.25) is 9.59 Å². The Hall–Kier alpha value is -3.77. The predicted octanol–water partition coefficient (Wildman–Crippen LogP) is 3.74. The van der Waals surface area contributed by atoms with Crippen molar-refractivity contribution >= 4 is 23.1 Å². The predicted molar refractivity (Wildman–Crippen MR) is 118 cm³/mol. The van der Waals surface area contributed by atoms with Crippen molar-refractivity contribution in [3.05, 3.63) is 75.2 Å². The Kier molecular flexibility index (Phi) is 5.40. The maximum Gasteiger partial charge on any atom is 0.257 e. The maximum absolute atomic E-state index is 13.5. The van der Waals surface area contributed by atoms with Crippen LogP contribution in [0.1, 0.15) is 27.0 Å². The molecule has 2 amide bonds. The van der Waals surface area contributed by atoms with Gasteiger partial charge in [-0.25, -0.2) is 0 Å². The van der Waals surface area contributed by atoms with Crippen LogP contribution >= 0.6 is 0 Å². The van der Waals surface area contributed by atoms with Crippen molar-refractivity contribution < 1.29 is 14.3 Å². The molecule has 8 nitrogen and oxygen atoms in total. The summed E-state index contributed by atoms with van der Waals surface area (Å²) in [5.74, 6) is 0.154. The minimum atomic E-state index is -0.654. The molecule has 0 bridgehead atoms. The zero-order chi connectivity index (χ0) is 22.1. The molecular formula is C23H23N5O3. The van der Waals surface area contributed by atoms with Gasteiger partial charge < -0.3 is 14.5 Å². The molecule has 0 spiro atoms. The number of anilines is 1. The smallest absolute Gasteiger partial charge is 0.257 e. The number of carbonyl (C=O) groups is 2. The molecule has 8 heteroatoms. The first-order chi connectivity index (χ1) is 14.9. The molecule has 2 aliphatic rings. The van der Waals surface area contributed by atoms with Gasteiger partial charge in [0.2, 0.25) is 0 Å². The van der Waals surface area contributed by atoms with Crippen LogP contribution in [0.25, 0.3) is 16.0 Å². The lowest BCUT2D eigenvalue weighted by atomic mass is 10.0. The molecule has 158 valence electrons. The topological polar surface area (TPSA) is 98.6 Å². The number of likely N-dealkylation sites (N-methyl/N-ethyl adjacent to an activating group) is 1. The number of azide groups is 1. The molecule has 2 heterocycles. The summed E-state index contributed by atoms with van der Waals surface area (Å²) in [7, 11) is 3.21. The highest BCUT2D eigenvalue weighted by Gasteiger charge is 2.41. The van der Waals surface area contributed by atoms with E-state index in [0.717, 1.165) is 22.3 Å². The van der Waals surface area contributed by atoms with E-state index in [1.807, 2.05) is 37.3 Å². The fraction of sp³-hybridized carbons (Fsp3) is 0.304. The fourth-order valence-electron chi connectivity index (χ4n) is 4.11. The molecular weight excluding hydrogens is 394 g/mol. The van der Waals surface area contributed by atoms with Gasteiger partial charge in [0, 0.05) is 25.0 Å². The first-order valence-electron chi connectivity index (χ1n) is 10.0. The summed E-state index contributed by atoms with van der Waals surface area (Å²) in [6.45, 7) is 2.65. The Bertz CT molecular complexity index is 1130. The van der Waals surface area contributed by atoms with Crippen LogP contribution in [-0.2, 0) is 11.2 Å². The third-order valence-corrected chi connectivity index (χ3v) is 5.84. The van der Waals surface area contributed by atoms with Crippen molar-refractivity contribution in [1.82, 2.24) is 4.90 Å². The summed E-state index contributed by atoms with van der Waals surface area (Å²) >= 11 is 0. The largest absolute Gasteiger partial charge is 0.496 e. The molecule has 0 aliphatic carbocycles. The van der Waals surface area contributed by atoms with E-state index < -0.39 is 6.04 Å². The molecule has 0 aromatic heterocycles. The Balaban J connectivity index is 1.73. The summed E-state index contributed by atoms with van der Waals surface area (Å²) < 4.78 is 5.48. The molecule has 0 saturated carbocycles. The van der Waals surface area contributed by atoms with Crippen molar-refractivity contribution in [3.63, 3.8) is 0 Å². The van der Waals surface area contributed by atoms with Crippen LogP contribution in [0.5, 0.6) is 5.75 Å². The van der Waals surface area contributed by atoms with Crippen molar-refractivity contribution in [3.8, 4) is 5.75 Å². The van der Waals surface area contributed by atoms with Crippen LogP contribution in [0.15, 0.2) is 47.6 Å². The number of nitrogens with zero attached hydrogens (tertiary/aromatic N) is 5. The Morgan fingerprint density at radius 3 is 2.65 bits per heavy atom. The van der Waals surface area contributed by atoms with Gasteiger partial charge in [-0.15, -0.1) is 0 Å². The SMILES string of the molecule is COc1cc2c(cc1CCN=[N+]=[N-])N(C)C(=O)[C@@H]1C=C(c3ccc(C)cc3)CN1C2=O. The Labute approximate surface area is 180 Å². The van der Waals surface area contributed by atoms with Crippen LogP contribution in [0.2, 0.25) is 0 Å². The van der Waals surface area contributed by atoms with Crippen LogP contribution < -0.4 is 9.64 Å². The number of rotatable bonds is 5. The van der Waals surface area contributed by atoms with E-state index in [4.69, 9.17) is 10.3 Å². The maximum atomic E-state index is 13.5. The molecule has 0 radical (unpaired) electrons. The summed E-state index contributed by atoms with van der Waals surface area (Å²) in [5.41, 5.74) is 13.4. The molecule has 0 unspecified atom stereocenters. The van der Waals surface area contributed by atoms with E-state index in [1.165, 1.54) is 12.0 Å². The lowest BCUT2D eigenvalue weighted by Crippen LogP contribution is -2.43. The number of hydrogen-bond donors (Lipinski definition) is 0. The molecule has 0 N–H and O–H groups in total. The second-order valence-corrected chi connectivity index (χ2v) is 7.72. The van der Waals surface area contributed by atoms with E-state index >= 15 is 0 Å². The van der Waals surface area contributed by atoms with Gasteiger partial charge in [0.25, 0.3) is 11.8 Å². The van der Waals surface area contributed by atoms with Crippen molar-refractivity contribution in [2.45, 2.75) is 19.4 Å². The molecule has 0 saturated heterocycles. The molecule has 4 rings (SSSR count). The van der Waals surface area contributed by atoms with Gasteiger partial charge in [0.15, 0.2) is 0 Å². The van der Waals surface area contributed by atoms with Gasteiger partial charge in [-0.05, 0) is 53.8 Å². The van der Waals surface area contributed by atoms with Gasteiger partial charge in [-0.1, -0.05) is 34.9 Å². The number of benzene rings is 2. The Morgan fingerprint density at radius 1 is 1.23 bits per heavy atom. The molecule has 2 aromatic carbocycles. The highest BCUT2D eigenvalue weighted by molar-refractivity contribution is 6.13. The normalized spacial score (nSPS) is 17.5. The average molecular weight is 417 g/mol. The van der Waals surface area contributed by atoms with Crippen molar-refractivity contribution in [2.24, 2.45) is 5.11 Å². The van der Waals surface area contributed by atoms with Gasteiger partial charge >= 0.3 is 0 Å². The quantitative estimate of drug-likeness (QED) is 0.421. The lowest BCUT2D eigenvalue weighted by Gasteiger charge is -2.22. The number of fused-ring (bicyclic) bond motifs is 2. The molecule has 0 fully saturated rings. The van der Waals surface area contributed by atoms with Crippen LogP contribution in [-0.4, -0.2) is 50.0 Å². The number of amides is 2. The first-order valence-corrected chi connectivity index (χ1v) is 10.0. The van der Waals surface area contributed by atoms with Gasteiger partial charge in [0.1, 0.15) is 11.8 Å². The van der Waals surface area contributed by atoms with Crippen molar-refractivity contribution in [2.75, 3.05) is 32.1 Å². The van der Waals surface area contributed by atoms with Crippen LogP contribution in [0.4, 0.5) is 5.69 Å². The molecule has 1 atom stereocenters. The number of hydrogen-bond acceptors (Lipinski definition) is 4. The summed E-state index contributed by atoms with van der Waals surface area (Å²) in [5, 5.41) is 3.57. The highest BCUT2D eigenvalue weighted by Crippen LogP contribution is 2.37. The number of methoxy groups -OCH3 is 1. The van der Waals surface area contributed by atoms with E-state index in [1.54, 1.807) is 24.1 Å². The highest BCUT2D eigenvalue weighted by atomic mass is 16.5. The van der Waals surface area contributed by atoms with Gasteiger partial charge in [0.05, 0.1) is 18.4 Å². The van der Waals surface area contributed by atoms with E-state index in [0.29, 0.717) is 30.0 Å². The number of ether oxygens (including phenoxy) is 1. The molecule has 2 aromatic rings. The first kappa shape index (κ1) is 20.5. The zero-order valence-electron chi connectivity index (χ0n) is 17.7. The summed E-state index contributed by atoms with van der Waals surface area (Å²) in [6.07, 6.45) is 2.33. The Morgan fingerprint density at radius 2 is 1.97 bits per heavy atom. The second kappa shape index (κ2) is 8.16. The minimum absolute atomic E-state index is 0.166. The van der Waals surface area contributed by atoms with Crippen molar-refractivity contribution in [1.29, 1.82) is 0 Å². The van der Waals surface area contributed by atoms with Gasteiger partial charge in [-0.2, -0.15) is 0 Å². The standard InChI is InChI=1S/C23H23N5O3/c1-14-4-6-15(7-5-14)17-11-20-23(30)27(2)19-10-16(8-9-25-26-24)21(31-3)12-18(19)22(29)28(20)13-17/h4-7,10-12,20H,8-9,13H2,1-3H3/t20-/m0/s1. The van der Waals surface area contributed by atoms with E-state index in [2.05, 4.69) is 10.0 Å². The third kappa shape index (κ3) is 3.62. The lowest BCUT2D eigenvalue weighted by molar-refractivity contribution is -0.120. The van der Waals surface area contributed by atoms with Crippen LogP contribution in [0, 0.1) is 6.92 Å². The molecule has 31 heavy (non-hydrogen) atoms. The second-order valence-electron chi connectivity index (χ2n) is 7.72. The summed E-state index contributed by atoms with van der Waals surface area (Å²) in [4.78, 5) is 32.7. The monoisotopic (exact) mass is 417 g/mol. The number of carbonyl (C=O) groups excluding carboxylic acids is 2. The fourth-order valence-corrected chi connectivity index (χ4v) is 4.11. The number of aryl methyl sites for hydroxylation is 1. The van der Waals surface area contributed by atoms with Crippen LogP contribution in [0.3, 0.4) is 0 Å². The zero-order valence-corrected chi connectivity index (χ0v) is 17.7. The van der Waals surface area contributed by atoms with E-state index in [-0.39, 0.29) is 18.4 Å². The average Bonchev–Trinajstić information content (AvgIpc) is 3.21. The minimum Gasteiger partial charge on any atom is -0.496 e. The summed E-state index contributed by atoms with van der Waals surface area (Å²) in [6, 6.07) is 10.9. The third-order valence-electron chi connectivity index (χ3n) is 5.84. The molecule has 2 aliphatic heterocycles. The van der Waals surface area contributed by atoms with E-state index in [9.17, 15) is 9.59 Å².